The molecule has 13 atom stereocenters. The fraction of sp³-hybridized carbons (Fsp3) is 0.935. The maximum absolute atomic E-state index is 13.5. The lowest BCUT2D eigenvalue weighted by molar-refractivity contribution is -0.276. The minimum atomic E-state index is -0.140. The van der Waals surface area contributed by atoms with E-state index in [2.05, 4.69) is 68.9 Å². The van der Waals surface area contributed by atoms with Crippen LogP contribution in [0.2, 0.25) is 0 Å². The van der Waals surface area contributed by atoms with Crippen LogP contribution in [-0.4, -0.2) is 50.6 Å². The summed E-state index contributed by atoms with van der Waals surface area (Å²) in [5.41, 5.74) is 1.90. The number of hydrogen-bond donors (Lipinski definition) is 0. The van der Waals surface area contributed by atoms with Crippen molar-refractivity contribution in [2.75, 3.05) is 19.8 Å². The van der Waals surface area contributed by atoms with Gasteiger partial charge in [0.25, 0.3) is 0 Å². The van der Waals surface area contributed by atoms with Gasteiger partial charge in [-0.15, -0.1) is 0 Å². The van der Waals surface area contributed by atoms with E-state index < -0.39 is 0 Å². The van der Waals surface area contributed by atoms with Crippen molar-refractivity contribution in [3.8, 4) is 0 Å². The van der Waals surface area contributed by atoms with E-state index in [-0.39, 0.29) is 63.8 Å². The molecule has 6 nitrogen and oxygen atoms in total. The van der Waals surface area contributed by atoms with E-state index in [1.165, 1.54) is 56.9 Å². The van der Waals surface area contributed by atoms with Crippen LogP contribution >= 0.6 is 0 Å². The van der Waals surface area contributed by atoms with Crippen LogP contribution in [0.5, 0.6) is 0 Å². The van der Waals surface area contributed by atoms with Gasteiger partial charge in [-0.25, -0.2) is 0 Å². The maximum Gasteiger partial charge on any atom is 0.306 e. The lowest BCUT2D eigenvalue weighted by Crippen LogP contribution is -2.67. The molecule has 296 valence electrons. The number of esters is 1. The van der Waals surface area contributed by atoms with Crippen LogP contribution < -0.4 is 0 Å². The van der Waals surface area contributed by atoms with Crippen LogP contribution in [0.3, 0.4) is 0 Å². The van der Waals surface area contributed by atoms with Crippen molar-refractivity contribution in [2.45, 2.75) is 190 Å². The molecule has 2 saturated heterocycles. The Morgan fingerprint density at radius 2 is 1.48 bits per heavy atom. The lowest BCUT2D eigenvalue weighted by Gasteiger charge is -2.73. The molecule has 0 bridgehead atoms. The van der Waals surface area contributed by atoms with Crippen LogP contribution in [0.4, 0.5) is 0 Å². The molecule has 7 aliphatic rings. The zero-order chi connectivity index (χ0) is 37.3. The van der Waals surface area contributed by atoms with E-state index >= 15 is 0 Å². The smallest absolute Gasteiger partial charge is 0.306 e. The third kappa shape index (κ3) is 6.70. The Morgan fingerprint density at radius 3 is 2.12 bits per heavy atom. The highest BCUT2D eigenvalue weighted by molar-refractivity contribution is 5.70. The Kier molecular flexibility index (Phi) is 10.7. The number of hydrogen-bond acceptors (Lipinski definition) is 6. The zero-order valence-corrected chi connectivity index (χ0v) is 34.8. The van der Waals surface area contributed by atoms with Crippen molar-refractivity contribution in [3.63, 3.8) is 0 Å². The highest BCUT2D eigenvalue weighted by atomic mass is 16.7. The molecule has 0 N–H and O–H groups in total. The Morgan fingerprint density at radius 1 is 0.788 bits per heavy atom. The van der Waals surface area contributed by atoms with E-state index in [0.717, 1.165) is 58.2 Å². The predicted octanol–water partition coefficient (Wildman–Crippen LogP) is 11.1. The molecular formula is C46H76O6. The summed E-state index contributed by atoms with van der Waals surface area (Å²) >= 11 is 0. The van der Waals surface area contributed by atoms with Gasteiger partial charge in [-0.3, -0.25) is 4.79 Å². The van der Waals surface area contributed by atoms with Gasteiger partial charge in [0.05, 0.1) is 19.1 Å². The Bertz CT molecular complexity index is 1310. The molecule has 0 radical (unpaired) electrons. The second-order valence-corrected chi connectivity index (χ2v) is 21.8. The summed E-state index contributed by atoms with van der Waals surface area (Å²) in [6.45, 7) is 28.8. The Labute approximate surface area is 317 Å². The molecule has 0 spiro atoms. The van der Waals surface area contributed by atoms with Gasteiger partial charge in [0.1, 0.15) is 6.10 Å². The van der Waals surface area contributed by atoms with E-state index in [4.69, 9.17) is 23.7 Å². The standard InChI is InChI=1S/C46H76O6/c1-30(2)39-32(51-36(47)28-41(3,4)5)27-46(29-50-37-15-11-13-25-48-37)24-23-44(9)31(40(39)46)17-18-34-43(8)21-20-35(52-38-16-12-14-26-49-38)42(6,7)33(43)19-22-45(34,44)10/h31-35,37-40H,1,11-29H2,2-10H3/t31-,32?,33+,34-,35?,37?,38?,39-,40+,43+,44-,45-,46+/m1/s1. The second-order valence-electron chi connectivity index (χ2n) is 21.8. The van der Waals surface area contributed by atoms with Crippen molar-refractivity contribution >= 4 is 5.97 Å². The van der Waals surface area contributed by atoms with E-state index in [9.17, 15) is 4.79 Å². The van der Waals surface area contributed by atoms with Gasteiger partial charge in [-0.1, -0.05) is 67.5 Å². The summed E-state index contributed by atoms with van der Waals surface area (Å²) < 4.78 is 32.5. The molecule has 5 aliphatic carbocycles. The Balaban J connectivity index is 1.18. The first-order chi connectivity index (χ1) is 24.4. The van der Waals surface area contributed by atoms with Gasteiger partial charge in [0.2, 0.25) is 0 Å². The normalized spacial score (nSPS) is 47.4. The number of carbonyl (C=O) groups excluding carboxylic acids is 1. The topological polar surface area (TPSA) is 63.2 Å². The molecule has 2 heterocycles. The van der Waals surface area contributed by atoms with Crippen molar-refractivity contribution in [1.82, 2.24) is 0 Å². The van der Waals surface area contributed by atoms with E-state index in [1.54, 1.807) is 0 Å². The van der Waals surface area contributed by atoms with Crippen LogP contribution in [-0.2, 0) is 28.5 Å². The quantitative estimate of drug-likeness (QED) is 0.141. The Hall–Kier alpha value is -0.950. The molecule has 5 saturated carbocycles. The third-order valence-corrected chi connectivity index (χ3v) is 17.2. The van der Waals surface area contributed by atoms with Gasteiger partial charge in [0.15, 0.2) is 12.6 Å². The first-order valence-corrected chi connectivity index (χ1v) is 21.8. The summed E-state index contributed by atoms with van der Waals surface area (Å²) in [6.07, 6.45) is 17.8. The van der Waals surface area contributed by atoms with Gasteiger partial charge in [-0.2, -0.15) is 0 Å². The maximum atomic E-state index is 13.5. The SMILES string of the molecule is C=C(C)[C@@H]1C(OC(=O)CC(C)(C)C)C[C@]2(COC3CCCCO3)CC[C@]3(C)[C@H](CC[C@@H]4[C@@]5(C)CCC(OC6CCCCO6)C(C)(C)[C@@H]5CC[C@]43C)[C@@H]12. The number of ether oxygens (including phenoxy) is 5. The van der Waals surface area contributed by atoms with Crippen molar-refractivity contribution < 1.29 is 28.5 Å². The van der Waals surface area contributed by atoms with Crippen molar-refractivity contribution in [2.24, 2.45) is 62.1 Å². The van der Waals surface area contributed by atoms with Crippen molar-refractivity contribution in [1.29, 1.82) is 0 Å². The van der Waals surface area contributed by atoms with Gasteiger partial charge in [0, 0.05) is 24.5 Å². The number of fused-ring (bicyclic) bond motifs is 7. The molecule has 0 amide bonds. The number of carbonyl (C=O) groups is 1. The van der Waals surface area contributed by atoms with Gasteiger partial charge < -0.3 is 23.7 Å². The third-order valence-electron chi connectivity index (χ3n) is 17.2. The fourth-order valence-electron chi connectivity index (χ4n) is 14.7. The summed E-state index contributed by atoms with van der Waals surface area (Å²) in [5, 5.41) is 0. The summed E-state index contributed by atoms with van der Waals surface area (Å²) in [7, 11) is 0. The van der Waals surface area contributed by atoms with Gasteiger partial charge in [-0.05, 0) is 154 Å². The first-order valence-electron chi connectivity index (χ1n) is 21.8. The number of rotatable bonds is 8. The first kappa shape index (κ1) is 39.3. The van der Waals surface area contributed by atoms with Crippen LogP contribution in [0, 0.1) is 62.1 Å². The highest BCUT2D eigenvalue weighted by Crippen LogP contribution is 2.78. The molecule has 4 unspecified atom stereocenters. The molecule has 0 aromatic carbocycles. The molecule has 0 aromatic rings. The second kappa shape index (κ2) is 14.2. The highest BCUT2D eigenvalue weighted by Gasteiger charge is 2.72. The molecule has 7 rings (SSSR count). The molecular weight excluding hydrogens is 649 g/mol. The zero-order valence-electron chi connectivity index (χ0n) is 34.8. The minimum Gasteiger partial charge on any atom is -0.462 e. The molecule has 0 aromatic heterocycles. The molecule has 7 fully saturated rings. The van der Waals surface area contributed by atoms with Crippen LogP contribution in [0.25, 0.3) is 0 Å². The summed E-state index contributed by atoms with van der Waals surface area (Å²) in [5.74, 6) is 2.37. The van der Waals surface area contributed by atoms with Crippen LogP contribution in [0.15, 0.2) is 12.2 Å². The van der Waals surface area contributed by atoms with Crippen LogP contribution in [0.1, 0.15) is 165 Å². The van der Waals surface area contributed by atoms with E-state index in [1.807, 2.05) is 0 Å². The molecule has 52 heavy (non-hydrogen) atoms. The minimum absolute atomic E-state index is 0.0222. The average molecular weight is 725 g/mol. The fourth-order valence-corrected chi connectivity index (χ4v) is 14.7. The summed E-state index contributed by atoms with van der Waals surface area (Å²) in [6, 6.07) is 0. The lowest BCUT2D eigenvalue weighted by atomic mass is 9.32. The average Bonchev–Trinajstić information content (AvgIpc) is 3.39. The van der Waals surface area contributed by atoms with Crippen molar-refractivity contribution in [3.05, 3.63) is 12.2 Å². The largest absolute Gasteiger partial charge is 0.462 e. The predicted molar refractivity (Wildman–Crippen MR) is 206 cm³/mol. The van der Waals surface area contributed by atoms with Gasteiger partial charge >= 0.3 is 5.97 Å². The summed E-state index contributed by atoms with van der Waals surface area (Å²) in [4.78, 5) is 13.5. The molecule has 2 aliphatic heterocycles. The monoisotopic (exact) mass is 725 g/mol. The van der Waals surface area contributed by atoms with E-state index in [0.29, 0.717) is 42.1 Å². The molecule has 6 heteroatoms.